The second-order valence-electron chi connectivity index (χ2n) is 12.4. The maximum atomic E-state index is 13.4. The molecule has 8 atom stereocenters. The number of nitrogens with zero attached hydrogens (tertiary/aromatic N) is 7. The molecule has 5 aliphatic rings. The zero-order chi connectivity index (χ0) is 32.0. The van der Waals surface area contributed by atoms with Gasteiger partial charge in [-0.15, -0.1) is 16.9 Å². The molecule has 0 unspecified atom stereocenters. The van der Waals surface area contributed by atoms with Crippen LogP contribution in [0, 0.1) is 11.8 Å². The highest BCUT2D eigenvalue weighted by Crippen LogP contribution is 2.51. The number of nitrogens with one attached hydrogen (secondary N) is 3. The highest BCUT2D eigenvalue weighted by Gasteiger charge is 2.60. The monoisotopic (exact) mass is 645 g/mol. The van der Waals surface area contributed by atoms with Crippen molar-refractivity contribution in [1.29, 1.82) is 0 Å². The topological polar surface area (TPSA) is 221 Å². The van der Waals surface area contributed by atoms with E-state index in [0.29, 0.717) is 57.0 Å². The number of thioether (sulfide) groups is 1. The number of hydrogen-bond donors (Lipinski definition) is 5. The van der Waals surface area contributed by atoms with Gasteiger partial charge in [0.1, 0.15) is 18.6 Å². The first-order valence-corrected chi connectivity index (χ1v) is 16.2. The molecule has 0 radical (unpaired) electrons. The fourth-order valence-corrected chi connectivity index (χ4v) is 8.66. The number of aliphatic carboxylic acids is 1. The quantitative estimate of drug-likeness (QED) is 0.167. The molecule has 0 aliphatic carbocycles. The molecule has 0 spiro atoms. The molecular weight excluding hydrogens is 606 g/mol. The van der Waals surface area contributed by atoms with E-state index in [9.17, 15) is 29.1 Å². The Kier molecular flexibility index (Phi) is 8.82. The average molecular weight is 646 g/mol. The number of nitrogens with two attached hydrogens (primary N) is 1. The highest BCUT2D eigenvalue weighted by atomic mass is 32.2. The number of piperazine rings is 1. The Hall–Kier alpha value is -3.61. The van der Waals surface area contributed by atoms with Crippen LogP contribution in [0.4, 0.5) is 0 Å². The summed E-state index contributed by atoms with van der Waals surface area (Å²) in [5.74, 6) is -2.69. The van der Waals surface area contributed by atoms with Crippen molar-refractivity contribution in [3.05, 3.63) is 16.9 Å². The van der Waals surface area contributed by atoms with E-state index in [1.165, 1.54) is 27.7 Å². The van der Waals surface area contributed by atoms with Crippen molar-refractivity contribution in [3.8, 4) is 0 Å². The van der Waals surface area contributed by atoms with Crippen LogP contribution in [0.5, 0.6) is 0 Å². The van der Waals surface area contributed by atoms with Gasteiger partial charge in [0.15, 0.2) is 0 Å². The summed E-state index contributed by atoms with van der Waals surface area (Å²) in [6.07, 6.45) is 2.45. The lowest BCUT2D eigenvalue weighted by atomic mass is 9.78. The van der Waals surface area contributed by atoms with Crippen LogP contribution >= 0.6 is 11.8 Å². The number of carboxylic acid groups (broad SMARTS) is 1. The zero-order valence-electron chi connectivity index (χ0n) is 25.2. The number of rotatable bonds is 9. The number of carbonyl (C=O) groups is 5. The minimum Gasteiger partial charge on any atom is -0.477 e. The molecule has 244 valence electrons. The van der Waals surface area contributed by atoms with Gasteiger partial charge in [-0.3, -0.25) is 19.2 Å². The molecule has 0 saturated carbocycles. The Labute approximate surface area is 263 Å². The summed E-state index contributed by atoms with van der Waals surface area (Å²) in [7, 11) is 0. The zero-order valence-corrected chi connectivity index (χ0v) is 26.0. The lowest BCUT2D eigenvalue weighted by Crippen LogP contribution is -2.66. The Balaban J connectivity index is 1.03. The van der Waals surface area contributed by atoms with Gasteiger partial charge in [-0.25, -0.2) is 9.48 Å². The Bertz CT molecular complexity index is 1380. The van der Waals surface area contributed by atoms with E-state index in [1.807, 2.05) is 6.92 Å². The van der Waals surface area contributed by atoms with Crippen molar-refractivity contribution in [3.63, 3.8) is 0 Å². The fourth-order valence-electron chi connectivity index (χ4n) is 7.19. The number of β-lactam (4-membered cyclic amide) rings is 1. The summed E-state index contributed by atoms with van der Waals surface area (Å²) in [4.78, 5) is 69.8. The summed E-state index contributed by atoms with van der Waals surface area (Å²) in [5.41, 5.74) is 5.91. The first kappa shape index (κ1) is 31.4. The molecule has 5 aliphatic heterocycles. The molecular formula is C27H39N11O6S. The highest BCUT2D eigenvalue weighted by molar-refractivity contribution is 8.03. The minimum absolute atomic E-state index is 0.0146. The van der Waals surface area contributed by atoms with Crippen LogP contribution in [0.3, 0.4) is 0 Å². The smallest absolute Gasteiger partial charge is 0.353 e. The predicted octanol–water partition coefficient (Wildman–Crippen LogP) is -3.23. The molecule has 1 aromatic heterocycles. The fraction of sp³-hybridized carbons (Fsp3) is 0.704. The normalized spacial score (nSPS) is 32.0. The van der Waals surface area contributed by atoms with Crippen LogP contribution in [0.2, 0.25) is 0 Å². The van der Waals surface area contributed by atoms with E-state index in [1.54, 1.807) is 16.7 Å². The third kappa shape index (κ3) is 6.03. The lowest BCUT2D eigenvalue weighted by molar-refractivity contribution is -0.158. The standard InChI is InChI=1S/C27H39N11O6S/c1-13-21-20(14(2)32-19(39)11-37-12-31-33-34-37)26(42)38(21)22(27(43)44)23(13)45-16-8-18(30-10-16)25(41)36-5-3-35(4-6-36)24(40)17-7-15(28)9-29-17/h12-18,20-21,29-30H,3-11,28H2,1-2H3,(H,32,39)(H,43,44)/t13-,14-,15-,16+,17-,18+,20-,21-/m1/s1. The number of tetrazole rings is 1. The third-order valence-corrected chi connectivity index (χ3v) is 11.0. The van der Waals surface area contributed by atoms with Crippen molar-refractivity contribution in [2.45, 2.75) is 68.7 Å². The number of hydrogen-bond acceptors (Lipinski definition) is 12. The minimum atomic E-state index is -1.17. The first-order chi connectivity index (χ1) is 21.5. The Morgan fingerprint density at radius 3 is 2.31 bits per heavy atom. The van der Waals surface area contributed by atoms with Crippen LogP contribution in [-0.2, 0) is 30.5 Å². The van der Waals surface area contributed by atoms with E-state index in [4.69, 9.17) is 5.73 Å². The van der Waals surface area contributed by atoms with Gasteiger partial charge in [0.05, 0.1) is 24.0 Å². The number of fused-ring (bicyclic) bond motifs is 1. The maximum absolute atomic E-state index is 13.4. The molecule has 1 aromatic rings. The summed E-state index contributed by atoms with van der Waals surface area (Å²) >= 11 is 1.41. The van der Waals surface area contributed by atoms with Crippen molar-refractivity contribution < 1.29 is 29.1 Å². The van der Waals surface area contributed by atoms with Gasteiger partial charge >= 0.3 is 5.97 Å². The van der Waals surface area contributed by atoms with Crippen molar-refractivity contribution >= 4 is 41.4 Å². The Morgan fingerprint density at radius 1 is 1.09 bits per heavy atom. The van der Waals surface area contributed by atoms with Gasteiger partial charge in [-0.1, -0.05) is 6.92 Å². The molecule has 4 fully saturated rings. The molecule has 4 amide bonds. The summed E-state index contributed by atoms with van der Waals surface area (Å²) < 4.78 is 1.27. The SMILES string of the molecule is C[C@@H](NC(=O)Cn1cnnn1)[C@H]1C(=O)N2C(C(=O)O)=C(S[C@@H]3CN[C@H](C(=O)N4CCN(C(=O)[C@H]5C[C@@H](N)CN5)CC4)C3)[C@H](C)[C@H]12. The molecule has 45 heavy (non-hydrogen) atoms. The number of carbonyl (C=O) groups excluding carboxylic acids is 4. The molecule has 6 heterocycles. The summed E-state index contributed by atoms with van der Waals surface area (Å²) in [6, 6.07) is -1.61. The van der Waals surface area contributed by atoms with Crippen molar-refractivity contribution in [2.75, 3.05) is 39.3 Å². The molecule has 17 nitrogen and oxygen atoms in total. The van der Waals surface area contributed by atoms with Crippen molar-refractivity contribution in [2.24, 2.45) is 17.6 Å². The van der Waals surface area contributed by atoms with E-state index >= 15 is 0 Å². The molecule has 0 bridgehead atoms. The molecule has 6 rings (SSSR count). The Morgan fingerprint density at radius 2 is 1.73 bits per heavy atom. The van der Waals surface area contributed by atoms with Crippen LogP contribution in [0.25, 0.3) is 0 Å². The summed E-state index contributed by atoms with van der Waals surface area (Å²) in [6.45, 7) is 6.54. The predicted molar refractivity (Wildman–Crippen MR) is 159 cm³/mol. The maximum Gasteiger partial charge on any atom is 0.353 e. The van der Waals surface area contributed by atoms with E-state index in [2.05, 4.69) is 31.5 Å². The largest absolute Gasteiger partial charge is 0.477 e. The van der Waals surface area contributed by atoms with E-state index in [-0.39, 0.29) is 59.1 Å². The van der Waals surface area contributed by atoms with Gasteiger partial charge in [-0.2, -0.15) is 0 Å². The van der Waals surface area contributed by atoms with Crippen LogP contribution in [0.15, 0.2) is 16.9 Å². The second kappa shape index (κ2) is 12.6. The lowest BCUT2D eigenvalue weighted by Gasteiger charge is -2.47. The second-order valence-corrected chi connectivity index (χ2v) is 13.8. The molecule has 4 saturated heterocycles. The molecule has 6 N–H and O–H groups in total. The van der Waals surface area contributed by atoms with Gasteiger partial charge in [0.2, 0.25) is 23.6 Å². The number of amides is 4. The van der Waals surface area contributed by atoms with Crippen LogP contribution < -0.4 is 21.7 Å². The van der Waals surface area contributed by atoms with Gasteiger partial charge in [0, 0.05) is 67.4 Å². The number of aromatic nitrogens is 4. The number of carboxylic acids is 1. The molecule has 0 aromatic carbocycles. The van der Waals surface area contributed by atoms with Gasteiger partial charge in [0.25, 0.3) is 0 Å². The summed E-state index contributed by atoms with van der Waals surface area (Å²) in [5, 5.41) is 30.0. The van der Waals surface area contributed by atoms with Crippen LogP contribution in [-0.4, -0.2) is 144 Å². The van der Waals surface area contributed by atoms with Gasteiger partial charge < -0.3 is 41.5 Å². The molecule has 18 heteroatoms. The van der Waals surface area contributed by atoms with Crippen molar-refractivity contribution in [1.82, 2.24) is 50.9 Å². The first-order valence-electron chi connectivity index (χ1n) is 15.3. The average Bonchev–Trinajstić information content (AvgIpc) is 3.81. The van der Waals surface area contributed by atoms with Crippen LogP contribution in [0.1, 0.15) is 26.7 Å². The van der Waals surface area contributed by atoms with E-state index < -0.39 is 30.0 Å². The van der Waals surface area contributed by atoms with Gasteiger partial charge in [-0.05, 0) is 30.2 Å². The van der Waals surface area contributed by atoms with E-state index in [0.717, 1.165) is 0 Å². The third-order valence-electron chi connectivity index (χ3n) is 9.46.